The first-order valence-electron chi connectivity index (χ1n) is 6.03. The third-order valence-electron chi connectivity index (χ3n) is 3.46. The maximum absolute atomic E-state index is 11.9. The maximum atomic E-state index is 11.9. The minimum atomic E-state index is 0.115. The Morgan fingerprint density at radius 2 is 2.20 bits per heavy atom. The molecule has 2 N–H and O–H groups in total. The zero-order chi connectivity index (χ0) is 10.7. The lowest BCUT2D eigenvalue weighted by atomic mass is 10.1. The number of nitrogens with zero attached hydrogens (tertiary/aromatic N) is 1. The highest BCUT2D eigenvalue weighted by atomic mass is 16.2. The number of carbonyl (C=O) groups is 1. The Morgan fingerprint density at radius 3 is 3.00 bits per heavy atom. The van der Waals surface area contributed by atoms with Crippen molar-refractivity contribution in [3.8, 4) is 0 Å². The van der Waals surface area contributed by atoms with Crippen LogP contribution in [0.5, 0.6) is 0 Å². The summed E-state index contributed by atoms with van der Waals surface area (Å²) in [5, 5.41) is 6.37. The zero-order valence-corrected chi connectivity index (χ0v) is 9.46. The lowest BCUT2D eigenvalue weighted by Gasteiger charge is -2.38. The Hall–Kier alpha value is -0.610. The lowest BCUT2D eigenvalue weighted by molar-refractivity contribution is -0.127. The van der Waals surface area contributed by atoms with E-state index in [1.54, 1.807) is 0 Å². The summed E-state index contributed by atoms with van der Waals surface area (Å²) in [6.07, 6.45) is 3.32. The highest BCUT2D eigenvalue weighted by Crippen LogP contribution is 2.16. The van der Waals surface area contributed by atoms with Crippen molar-refractivity contribution in [2.24, 2.45) is 0 Å². The average Bonchev–Trinajstić information content (AvgIpc) is 2.44. The third kappa shape index (κ3) is 2.49. The second-order valence-corrected chi connectivity index (χ2v) is 4.59. The molecule has 2 rings (SSSR count). The van der Waals surface area contributed by atoms with E-state index in [1.807, 2.05) is 0 Å². The minimum absolute atomic E-state index is 0.115. The van der Waals surface area contributed by atoms with Crippen molar-refractivity contribution in [1.29, 1.82) is 0 Å². The number of rotatable bonds is 1. The largest absolute Gasteiger partial charge is 0.355 e. The van der Waals surface area contributed by atoms with Gasteiger partial charge in [-0.3, -0.25) is 9.69 Å². The molecular weight excluding hydrogens is 190 g/mol. The second-order valence-electron chi connectivity index (χ2n) is 4.59. The standard InChI is InChI=1S/C11H21N3O/c1-9-8-12-6-7-14(9)10-4-2-3-5-13-11(10)15/h9-10,12H,2-8H2,1H3,(H,13,15). The number of carbonyl (C=O) groups excluding carboxylic acids is 1. The smallest absolute Gasteiger partial charge is 0.237 e. The molecular formula is C11H21N3O. The van der Waals surface area contributed by atoms with Gasteiger partial charge in [0.1, 0.15) is 0 Å². The Balaban J connectivity index is 2.02. The van der Waals surface area contributed by atoms with Crippen LogP contribution in [0.1, 0.15) is 26.2 Å². The normalized spacial score (nSPS) is 34.6. The van der Waals surface area contributed by atoms with Crippen molar-refractivity contribution in [2.75, 3.05) is 26.2 Å². The molecule has 86 valence electrons. The van der Waals surface area contributed by atoms with Crippen LogP contribution in [0.3, 0.4) is 0 Å². The van der Waals surface area contributed by atoms with Gasteiger partial charge in [-0.25, -0.2) is 0 Å². The Bertz CT molecular complexity index is 232. The maximum Gasteiger partial charge on any atom is 0.237 e. The highest BCUT2D eigenvalue weighted by molar-refractivity contribution is 5.82. The number of amides is 1. The van der Waals surface area contributed by atoms with Crippen molar-refractivity contribution in [3.63, 3.8) is 0 Å². The van der Waals surface area contributed by atoms with E-state index in [9.17, 15) is 4.79 Å². The van der Waals surface area contributed by atoms with Crippen LogP contribution in [0.4, 0.5) is 0 Å². The van der Waals surface area contributed by atoms with E-state index in [1.165, 1.54) is 6.42 Å². The van der Waals surface area contributed by atoms with Crippen molar-refractivity contribution < 1.29 is 4.79 Å². The first-order valence-corrected chi connectivity index (χ1v) is 6.03. The van der Waals surface area contributed by atoms with Gasteiger partial charge in [0.05, 0.1) is 6.04 Å². The molecule has 4 nitrogen and oxygen atoms in total. The molecule has 2 atom stereocenters. The molecule has 0 aromatic rings. The molecule has 2 heterocycles. The summed E-state index contributed by atoms with van der Waals surface area (Å²) in [7, 11) is 0. The molecule has 2 fully saturated rings. The highest BCUT2D eigenvalue weighted by Gasteiger charge is 2.31. The SMILES string of the molecule is CC1CNCCN1C1CCCCNC1=O. The summed E-state index contributed by atoms with van der Waals surface area (Å²) < 4.78 is 0. The fraction of sp³-hybridized carbons (Fsp3) is 0.909. The van der Waals surface area contributed by atoms with Gasteiger partial charge in [0.15, 0.2) is 0 Å². The van der Waals surface area contributed by atoms with Gasteiger partial charge in [0.2, 0.25) is 5.91 Å². The first-order chi connectivity index (χ1) is 7.29. The number of nitrogens with one attached hydrogen (secondary N) is 2. The topological polar surface area (TPSA) is 44.4 Å². The molecule has 4 heteroatoms. The van der Waals surface area contributed by atoms with Gasteiger partial charge >= 0.3 is 0 Å². The summed E-state index contributed by atoms with van der Waals surface area (Å²) in [5.41, 5.74) is 0. The molecule has 0 aliphatic carbocycles. The molecule has 0 aromatic carbocycles. The molecule has 0 spiro atoms. The van der Waals surface area contributed by atoms with Gasteiger partial charge in [0.25, 0.3) is 0 Å². The fourth-order valence-electron chi connectivity index (χ4n) is 2.56. The van der Waals surface area contributed by atoms with Crippen LogP contribution < -0.4 is 10.6 Å². The number of piperazine rings is 1. The molecule has 0 bridgehead atoms. The van der Waals surface area contributed by atoms with Crippen molar-refractivity contribution in [2.45, 2.75) is 38.3 Å². The number of hydrogen-bond acceptors (Lipinski definition) is 3. The van der Waals surface area contributed by atoms with E-state index < -0.39 is 0 Å². The summed E-state index contributed by atoms with van der Waals surface area (Å²) in [6, 6.07) is 0.595. The van der Waals surface area contributed by atoms with Crippen LogP contribution in [0, 0.1) is 0 Å². The van der Waals surface area contributed by atoms with Gasteiger partial charge in [-0.2, -0.15) is 0 Å². The molecule has 0 saturated carbocycles. The van der Waals surface area contributed by atoms with Gasteiger partial charge < -0.3 is 10.6 Å². The molecule has 0 aromatic heterocycles. The first kappa shape index (κ1) is 10.9. The predicted octanol–water partition coefficient (Wildman–Crippen LogP) is -0.0512. The monoisotopic (exact) mass is 211 g/mol. The lowest BCUT2D eigenvalue weighted by Crippen LogP contribution is -2.57. The van der Waals surface area contributed by atoms with E-state index in [0.29, 0.717) is 6.04 Å². The van der Waals surface area contributed by atoms with E-state index in [-0.39, 0.29) is 11.9 Å². The van der Waals surface area contributed by atoms with Crippen LogP contribution in [0.15, 0.2) is 0 Å². The average molecular weight is 211 g/mol. The van der Waals surface area contributed by atoms with Crippen molar-refractivity contribution >= 4 is 5.91 Å². The molecule has 2 saturated heterocycles. The molecule has 15 heavy (non-hydrogen) atoms. The zero-order valence-electron chi connectivity index (χ0n) is 9.46. The number of hydrogen-bond donors (Lipinski definition) is 2. The van der Waals surface area contributed by atoms with Gasteiger partial charge in [-0.15, -0.1) is 0 Å². The summed E-state index contributed by atoms with van der Waals surface area (Å²) in [4.78, 5) is 14.2. The Labute approximate surface area is 91.4 Å². The van der Waals surface area contributed by atoms with Crippen LogP contribution >= 0.6 is 0 Å². The van der Waals surface area contributed by atoms with Crippen LogP contribution in [-0.2, 0) is 4.79 Å². The van der Waals surface area contributed by atoms with Crippen molar-refractivity contribution in [3.05, 3.63) is 0 Å². The minimum Gasteiger partial charge on any atom is -0.355 e. The van der Waals surface area contributed by atoms with E-state index in [4.69, 9.17) is 0 Å². The van der Waals surface area contributed by atoms with Gasteiger partial charge in [0, 0.05) is 32.2 Å². The molecule has 1 amide bonds. The molecule has 2 aliphatic heterocycles. The fourth-order valence-corrected chi connectivity index (χ4v) is 2.56. The third-order valence-corrected chi connectivity index (χ3v) is 3.46. The van der Waals surface area contributed by atoms with Crippen molar-refractivity contribution in [1.82, 2.24) is 15.5 Å². The molecule has 0 radical (unpaired) electrons. The summed E-state index contributed by atoms with van der Waals surface area (Å²) in [5.74, 6) is 0.237. The van der Waals surface area contributed by atoms with Crippen LogP contribution in [0.2, 0.25) is 0 Å². The Morgan fingerprint density at radius 1 is 1.33 bits per heavy atom. The summed E-state index contributed by atoms with van der Waals surface area (Å²) in [6.45, 7) is 6.07. The van der Waals surface area contributed by atoms with E-state index in [0.717, 1.165) is 39.0 Å². The van der Waals surface area contributed by atoms with E-state index >= 15 is 0 Å². The van der Waals surface area contributed by atoms with Crippen LogP contribution in [-0.4, -0.2) is 49.1 Å². The Kier molecular flexibility index (Phi) is 3.59. The second kappa shape index (κ2) is 4.94. The van der Waals surface area contributed by atoms with E-state index in [2.05, 4.69) is 22.5 Å². The van der Waals surface area contributed by atoms with Gasteiger partial charge in [-0.1, -0.05) is 0 Å². The van der Waals surface area contributed by atoms with Gasteiger partial charge in [-0.05, 0) is 26.2 Å². The molecule has 2 unspecified atom stereocenters. The predicted molar refractivity (Wildman–Crippen MR) is 59.7 cm³/mol. The molecule has 2 aliphatic rings. The summed E-state index contributed by atoms with van der Waals surface area (Å²) >= 11 is 0. The quantitative estimate of drug-likeness (QED) is 0.639. The van der Waals surface area contributed by atoms with Crippen LogP contribution in [0.25, 0.3) is 0 Å².